The zero-order valence-corrected chi connectivity index (χ0v) is 16.0. The molecule has 0 saturated heterocycles. The van der Waals surface area contributed by atoms with Crippen molar-refractivity contribution in [2.45, 2.75) is 6.04 Å². The molecule has 0 bridgehead atoms. The lowest BCUT2D eigenvalue weighted by Gasteiger charge is -2.35. The largest absolute Gasteiger partial charge is 0.477 e. The summed E-state index contributed by atoms with van der Waals surface area (Å²) in [6, 6.07) is 13.7. The highest BCUT2D eigenvalue weighted by atomic mass is 35.5. The Kier molecular flexibility index (Phi) is 5.09. The van der Waals surface area contributed by atoms with E-state index in [0.29, 0.717) is 21.3 Å². The summed E-state index contributed by atoms with van der Waals surface area (Å²) in [5.74, 6) is -1.12. The molecule has 2 aromatic rings. The maximum atomic E-state index is 11.9. The van der Waals surface area contributed by atoms with Crippen LogP contribution >= 0.6 is 35.4 Å². The molecule has 0 spiro atoms. The minimum atomic E-state index is -1.12. The summed E-state index contributed by atoms with van der Waals surface area (Å²) in [4.78, 5) is 11.9. The fourth-order valence-electron chi connectivity index (χ4n) is 3.10. The van der Waals surface area contributed by atoms with Gasteiger partial charge in [0.2, 0.25) is 0 Å². The molecule has 1 atom stereocenters. The zero-order valence-electron chi connectivity index (χ0n) is 13.7. The van der Waals surface area contributed by atoms with Gasteiger partial charge in [0.15, 0.2) is 5.70 Å². The molecule has 1 unspecified atom stereocenters. The van der Waals surface area contributed by atoms with Crippen LogP contribution in [0.4, 0.5) is 5.69 Å². The fraction of sp³-hybridized carbons (Fsp3) is 0.111. The predicted octanol–water partition coefficient (Wildman–Crippen LogP) is 4.03. The number of anilines is 1. The van der Waals surface area contributed by atoms with Gasteiger partial charge in [0.25, 0.3) is 0 Å². The molecule has 2 aromatic carbocycles. The summed E-state index contributed by atoms with van der Waals surface area (Å²) >= 11 is 17.6. The van der Waals surface area contributed by atoms with Crippen molar-refractivity contribution in [2.24, 2.45) is 5.73 Å². The van der Waals surface area contributed by atoms with Crippen molar-refractivity contribution in [3.8, 4) is 0 Å². The molecule has 134 valence electrons. The van der Waals surface area contributed by atoms with Gasteiger partial charge >= 0.3 is 5.97 Å². The van der Waals surface area contributed by atoms with Gasteiger partial charge in [-0.3, -0.25) is 10.0 Å². The second-order valence-corrected chi connectivity index (χ2v) is 6.99. The van der Waals surface area contributed by atoms with Gasteiger partial charge in [-0.25, -0.2) is 4.79 Å². The number of hydrazine groups is 1. The Morgan fingerprint density at radius 3 is 2.31 bits per heavy atom. The summed E-state index contributed by atoms with van der Waals surface area (Å²) in [6.45, 7) is 0. The van der Waals surface area contributed by atoms with E-state index in [-0.39, 0.29) is 10.7 Å². The molecule has 0 saturated carbocycles. The lowest BCUT2D eigenvalue weighted by Crippen LogP contribution is -2.38. The fourth-order valence-corrected chi connectivity index (χ4v) is 3.66. The minimum Gasteiger partial charge on any atom is -0.477 e. The molecule has 0 fully saturated rings. The number of nitrogens with zero attached hydrogens (tertiary/aromatic N) is 2. The molecule has 0 radical (unpaired) electrons. The standard InChI is InChI=1S/C18H15Cl2N3O2S/c1-22-16(18(24)25)14(17(21)26)15(10-6-8-11(19)9-7-10)23(22)13-5-3-2-4-12(13)20/h2-9,15H,1H3,(H2,21,26)(H,24,25). The van der Waals surface area contributed by atoms with E-state index >= 15 is 0 Å². The number of likely N-dealkylation sites (N-methyl/N-ethyl adjacent to an activating group) is 1. The van der Waals surface area contributed by atoms with Crippen molar-refractivity contribution in [1.29, 1.82) is 0 Å². The van der Waals surface area contributed by atoms with E-state index in [2.05, 4.69) is 0 Å². The number of aliphatic carboxylic acids is 1. The zero-order chi connectivity index (χ0) is 19.0. The highest BCUT2D eigenvalue weighted by Crippen LogP contribution is 2.44. The van der Waals surface area contributed by atoms with Gasteiger partial charge in [-0.15, -0.1) is 0 Å². The number of halogens is 2. The number of carbonyl (C=O) groups is 1. The van der Waals surface area contributed by atoms with Crippen LogP contribution in [0.3, 0.4) is 0 Å². The Hall–Kier alpha value is -2.28. The number of thiocarbonyl (C=S) groups is 1. The first kappa shape index (κ1) is 18.5. The number of benzene rings is 2. The second kappa shape index (κ2) is 7.15. The molecule has 1 aliphatic rings. The van der Waals surface area contributed by atoms with Crippen molar-refractivity contribution >= 4 is 52.1 Å². The molecule has 26 heavy (non-hydrogen) atoms. The van der Waals surface area contributed by atoms with Crippen molar-refractivity contribution in [3.05, 3.63) is 75.4 Å². The van der Waals surface area contributed by atoms with Crippen molar-refractivity contribution in [3.63, 3.8) is 0 Å². The first-order chi connectivity index (χ1) is 12.3. The van der Waals surface area contributed by atoms with E-state index in [1.807, 2.05) is 24.3 Å². The Morgan fingerprint density at radius 1 is 1.15 bits per heavy atom. The number of para-hydroxylation sites is 1. The summed E-state index contributed by atoms with van der Waals surface area (Å²) in [5.41, 5.74) is 7.71. The van der Waals surface area contributed by atoms with E-state index in [1.54, 1.807) is 36.3 Å². The van der Waals surface area contributed by atoms with Crippen molar-refractivity contribution in [2.75, 3.05) is 12.1 Å². The lowest BCUT2D eigenvalue weighted by atomic mass is 9.97. The Morgan fingerprint density at radius 2 is 1.77 bits per heavy atom. The third-order valence-corrected chi connectivity index (χ3v) is 4.96. The first-order valence-electron chi connectivity index (χ1n) is 7.63. The van der Waals surface area contributed by atoms with Crippen LogP contribution in [-0.2, 0) is 4.79 Å². The van der Waals surface area contributed by atoms with Gasteiger partial charge in [0, 0.05) is 17.6 Å². The van der Waals surface area contributed by atoms with Crippen LogP contribution in [0, 0.1) is 0 Å². The van der Waals surface area contributed by atoms with Gasteiger partial charge < -0.3 is 10.8 Å². The van der Waals surface area contributed by atoms with Gasteiger partial charge in [0.1, 0.15) is 11.0 Å². The van der Waals surface area contributed by atoms with Crippen LogP contribution in [0.1, 0.15) is 11.6 Å². The highest BCUT2D eigenvalue weighted by Gasteiger charge is 2.42. The number of rotatable bonds is 4. The quantitative estimate of drug-likeness (QED) is 0.745. The van der Waals surface area contributed by atoms with Crippen molar-refractivity contribution in [1.82, 2.24) is 5.01 Å². The molecule has 8 heteroatoms. The Labute approximate surface area is 166 Å². The van der Waals surface area contributed by atoms with Crippen molar-refractivity contribution < 1.29 is 9.90 Å². The van der Waals surface area contributed by atoms with Crippen LogP contribution in [0.25, 0.3) is 0 Å². The second-order valence-electron chi connectivity index (χ2n) is 5.71. The molecule has 3 rings (SSSR count). The number of hydrogen-bond donors (Lipinski definition) is 2. The molecular weight excluding hydrogens is 393 g/mol. The SMILES string of the molecule is CN1C(C(=O)O)=C(C(N)=S)C(c2ccc(Cl)cc2)N1c1ccccc1Cl. The van der Waals surface area contributed by atoms with E-state index in [0.717, 1.165) is 5.56 Å². The summed E-state index contributed by atoms with van der Waals surface area (Å²) in [5, 5.41) is 14.1. The number of carboxylic acid groups (broad SMARTS) is 1. The molecule has 3 N–H and O–H groups in total. The molecule has 5 nitrogen and oxygen atoms in total. The van der Waals surface area contributed by atoms with E-state index in [4.69, 9.17) is 41.2 Å². The monoisotopic (exact) mass is 407 g/mol. The van der Waals surface area contributed by atoms with Crippen LogP contribution in [0.15, 0.2) is 59.8 Å². The third-order valence-electron chi connectivity index (χ3n) is 4.17. The third kappa shape index (κ3) is 3.11. The smallest absolute Gasteiger partial charge is 0.354 e. The molecule has 0 aliphatic carbocycles. The van der Waals surface area contributed by atoms with Crippen LogP contribution in [-0.4, -0.2) is 28.1 Å². The number of hydrogen-bond acceptors (Lipinski definition) is 4. The van der Waals surface area contributed by atoms with E-state index in [9.17, 15) is 9.90 Å². The molecule has 0 aromatic heterocycles. The molecule has 1 heterocycles. The summed E-state index contributed by atoms with van der Waals surface area (Å²) in [6.07, 6.45) is 0. The van der Waals surface area contributed by atoms with E-state index in [1.165, 1.54) is 5.01 Å². The van der Waals surface area contributed by atoms with Gasteiger partial charge in [-0.05, 0) is 29.8 Å². The maximum Gasteiger partial charge on any atom is 0.354 e. The Bertz CT molecular complexity index is 915. The first-order valence-corrected chi connectivity index (χ1v) is 8.79. The minimum absolute atomic E-state index is 0.0115. The summed E-state index contributed by atoms with van der Waals surface area (Å²) < 4.78 is 0. The highest BCUT2D eigenvalue weighted by molar-refractivity contribution is 7.80. The number of carboxylic acids is 1. The van der Waals surface area contributed by atoms with Crippen LogP contribution in [0.5, 0.6) is 0 Å². The van der Waals surface area contributed by atoms with Gasteiger partial charge in [-0.1, -0.05) is 59.7 Å². The average Bonchev–Trinajstić information content (AvgIpc) is 2.89. The average molecular weight is 408 g/mol. The topological polar surface area (TPSA) is 69.8 Å². The molecule has 0 amide bonds. The van der Waals surface area contributed by atoms with Crippen LogP contribution < -0.4 is 10.7 Å². The van der Waals surface area contributed by atoms with Crippen LogP contribution in [0.2, 0.25) is 10.0 Å². The predicted molar refractivity (Wildman–Crippen MR) is 107 cm³/mol. The normalized spacial score (nSPS) is 17.0. The lowest BCUT2D eigenvalue weighted by molar-refractivity contribution is -0.134. The van der Waals surface area contributed by atoms with Gasteiger partial charge in [0.05, 0.1) is 10.7 Å². The number of nitrogens with two attached hydrogens (primary N) is 1. The Balaban J connectivity index is 2.26. The molecular formula is C18H15Cl2N3O2S. The maximum absolute atomic E-state index is 11.9. The molecule has 1 aliphatic heterocycles. The van der Waals surface area contributed by atoms with Gasteiger partial charge in [-0.2, -0.15) is 0 Å². The van der Waals surface area contributed by atoms with E-state index < -0.39 is 12.0 Å². The summed E-state index contributed by atoms with van der Waals surface area (Å²) in [7, 11) is 1.64.